The third-order valence-electron chi connectivity index (χ3n) is 5.97. The quantitative estimate of drug-likeness (QED) is 0.812. The van der Waals surface area contributed by atoms with Gasteiger partial charge in [-0.2, -0.15) is 0 Å². The van der Waals surface area contributed by atoms with Crippen LogP contribution in [0.4, 0.5) is 0 Å². The minimum absolute atomic E-state index is 0.171. The van der Waals surface area contributed by atoms with Crippen LogP contribution in [0.2, 0.25) is 0 Å². The first-order valence-corrected chi connectivity index (χ1v) is 8.72. The van der Waals surface area contributed by atoms with Gasteiger partial charge in [-0.05, 0) is 44.2 Å². The van der Waals surface area contributed by atoms with Crippen molar-refractivity contribution in [2.24, 2.45) is 0 Å². The van der Waals surface area contributed by atoms with Gasteiger partial charge in [0.1, 0.15) is 0 Å². The van der Waals surface area contributed by atoms with Crippen LogP contribution in [0.5, 0.6) is 0 Å². The highest BCUT2D eigenvalue weighted by Crippen LogP contribution is 2.41. The second-order valence-electron chi connectivity index (χ2n) is 7.49. The summed E-state index contributed by atoms with van der Waals surface area (Å²) in [5, 5.41) is 3.78. The number of benzene rings is 1. The number of allylic oxidation sites excluding steroid dienone is 1. The van der Waals surface area contributed by atoms with E-state index in [-0.39, 0.29) is 5.54 Å². The third kappa shape index (κ3) is 1.80. The molecule has 0 amide bonds. The van der Waals surface area contributed by atoms with Gasteiger partial charge in [-0.25, -0.2) is 4.98 Å². The van der Waals surface area contributed by atoms with Crippen LogP contribution in [0.1, 0.15) is 41.2 Å². The lowest BCUT2D eigenvalue weighted by molar-refractivity contribution is -0.117. The predicted octanol–water partition coefficient (Wildman–Crippen LogP) is 2.71. The lowest BCUT2D eigenvalue weighted by Crippen LogP contribution is -2.51. The first kappa shape index (κ1) is 14.0. The fourth-order valence-corrected chi connectivity index (χ4v) is 4.64. The van der Waals surface area contributed by atoms with Crippen molar-refractivity contribution in [2.75, 3.05) is 0 Å². The molecule has 3 aliphatic rings. The van der Waals surface area contributed by atoms with Crippen LogP contribution >= 0.6 is 0 Å². The molecule has 0 saturated carbocycles. The van der Waals surface area contributed by atoms with Crippen molar-refractivity contribution in [3.05, 3.63) is 58.2 Å². The Labute approximate surface area is 141 Å². The highest BCUT2D eigenvalue weighted by Gasteiger charge is 2.45. The van der Waals surface area contributed by atoms with Gasteiger partial charge < -0.3 is 9.88 Å². The van der Waals surface area contributed by atoms with E-state index in [0.717, 1.165) is 48.6 Å². The van der Waals surface area contributed by atoms with E-state index >= 15 is 0 Å². The van der Waals surface area contributed by atoms with Crippen LogP contribution < -0.4 is 5.32 Å². The zero-order chi connectivity index (χ0) is 16.5. The summed E-state index contributed by atoms with van der Waals surface area (Å²) < 4.78 is 2.26. The lowest BCUT2D eigenvalue weighted by atomic mass is 9.81. The van der Waals surface area contributed by atoms with Crippen molar-refractivity contribution < 1.29 is 4.79 Å². The SMILES string of the molecule is Cc1nc2n(c1C)CCC1=C2NC2(CC1=O)Cc1ccccc1C2. The minimum Gasteiger partial charge on any atom is -0.375 e. The van der Waals surface area contributed by atoms with Crippen molar-refractivity contribution in [3.63, 3.8) is 0 Å². The van der Waals surface area contributed by atoms with Gasteiger partial charge in [0, 0.05) is 24.2 Å². The molecule has 1 spiro atoms. The fraction of sp³-hybridized carbons (Fsp3) is 0.400. The standard InChI is InChI=1S/C20H21N3O/c1-12-13(2)23-8-7-16-17(24)11-20(22-18(16)19(23)21-12)9-14-5-3-4-6-15(14)10-20/h3-6,22H,7-11H2,1-2H3. The number of carbonyl (C=O) groups excluding carboxylic acids is 1. The molecule has 0 radical (unpaired) electrons. The first-order chi connectivity index (χ1) is 11.6. The van der Waals surface area contributed by atoms with Gasteiger partial charge in [0.25, 0.3) is 0 Å². The summed E-state index contributed by atoms with van der Waals surface area (Å²) in [6.07, 6.45) is 3.25. The van der Waals surface area contributed by atoms with E-state index in [9.17, 15) is 4.79 Å². The van der Waals surface area contributed by atoms with Gasteiger partial charge in [0.05, 0.1) is 16.9 Å². The number of rotatable bonds is 0. The number of imidazole rings is 1. The first-order valence-electron chi connectivity index (χ1n) is 8.72. The summed E-state index contributed by atoms with van der Waals surface area (Å²) in [4.78, 5) is 17.7. The Bertz CT molecular complexity index is 894. The molecule has 1 aliphatic carbocycles. The molecule has 0 fully saturated rings. The predicted molar refractivity (Wildman–Crippen MR) is 92.6 cm³/mol. The third-order valence-corrected chi connectivity index (χ3v) is 5.97. The summed E-state index contributed by atoms with van der Waals surface area (Å²) in [6, 6.07) is 8.56. The number of hydrogen-bond acceptors (Lipinski definition) is 3. The molecule has 0 atom stereocenters. The summed E-state index contributed by atoms with van der Waals surface area (Å²) in [5.41, 5.74) is 6.77. The number of hydrogen-bond donors (Lipinski definition) is 1. The number of nitrogens with zero attached hydrogens (tertiary/aromatic N) is 2. The van der Waals surface area contributed by atoms with Crippen molar-refractivity contribution in [2.45, 2.75) is 51.6 Å². The molecule has 1 aromatic carbocycles. The number of Topliss-reactive ketones (excluding diaryl/α,β-unsaturated/α-hetero) is 1. The van der Waals surface area contributed by atoms with Gasteiger partial charge in [-0.15, -0.1) is 0 Å². The van der Waals surface area contributed by atoms with Gasteiger partial charge >= 0.3 is 0 Å². The van der Waals surface area contributed by atoms with E-state index in [1.165, 1.54) is 16.8 Å². The van der Waals surface area contributed by atoms with E-state index in [1.54, 1.807) is 0 Å². The summed E-state index contributed by atoms with van der Waals surface area (Å²) >= 11 is 0. The number of aryl methyl sites for hydroxylation is 1. The normalized spacial score (nSPS) is 20.7. The van der Waals surface area contributed by atoms with E-state index in [2.05, 4.69) is 41.1 Å². The number of carbonyl (C=O) groups is 1. The number of nitrogens with one attached hydrogen (secondary N) is 1. The molecule has 122 valence electrons. The maximum Gasteiger partial charge on any atom is 0.163 e. The Morgan fingerprint density at radius 2 is 1.83 bits per heavy atom. The van der Waals surface area contributed by atoms with Crippen LogP contribution in [-0.2, 0) is 24.2 Å². The average Bonchev–Trinajstić information content (AvgIpc) is 3.05. The number of ketones is 1. The lowest BCUT2D eigenvalue weighted by Gasteiger charge is -2.39. The molecule has 5 rings (SSSR count). The van der Waals surface area contributed by atoms with Crippen LogP contribution in [0.25, 0.3) is 5.70 Å². The molecule has 0 unspecified atom stereocenters. The zero-order valence-electron chi connectivity index (χ0n) is 14.1. The molecule has 4 nitrogen and oxygen atoms in total. The minimum atomic E-state index is -0.171. The Kier molecular flexibility index (Phi) is 2.68. The van der Waals surface area contributed by atoms with Crippen molar-refractivity contribution in [3.8, 4) is 0 Å². The van der Waals surface area contributed by atoms with Gasteiger partial charge in [0.2, 0.25) is 0 Å². The second-order valence-corrected chi connectivity index (χ2v) is 7.49. The van der Waals surface area contributed by atoms with E-state index in [0.29, 0.717) is 12.2 Å². The van der Waals surface area contributed by atoms with Crippen LogP contribution in [0, 0.1) is 13.8 Å². The molecule has 0 saturated heterocycles. The van der Waals surface area contributed by atoms with Gasteiger partial charge in [0.15, 0.2) is 11.6 Å². The second kappa shape index (κ2) is 4.59. The van der Waals surface area contributed by atoms with Crippen LogP contribution in [0.3, 0.4) is 0 Å². The van der Waals surface area contributed by atoms with Gasteiger partial charge in [-0.3, -0.25) is 4.79 Å². The molecule has 0 bridgehead atoms. The van der Waals surface area contributed by atoms with Crippen molar-refractivity contribution in [1.82, 2.24) is 14.9 Å². The van der Waals surface area contributed by atoms with E-state index in [4.69, 9.17) is 4.98 Å². The molecular formula is C20H21N3O. The maximum atomic E-state index is 12.9. The summed E-state index contributed by atoms with van der Waals surface area (Å²) in [5.74, 6) is 1.26. The number of aromatic nitrogens is 2. The smallest absolute Gasteiger partial charge is 0.163 e. The molecule has 1 N–H and O–H groups in total. The Hall–Kier alpha value is -2.36. The highest BCUT2D eigenvalue weighted by molar-refractivity contribution is 6.04. The topological polar surface area (TPSA) is 46.9 Å². The van der Waals surface area contributed by atoms with Crippen molar-refractivity contribution in [1.29, 1.82) is 0 Å². The summed E-state index contributed by atoms with van der Waals surface area (Å²) in [7, 11) is 0. The molecule has 2 aromatic rings. The average molecular weight is 319 g/mol. The van der Waals surface area contributed by atoms with Crippen molar-refractivity contribution >= 4 is 11.5 Å². The molecule has 24 heavy (non-hydrogen) atoms. The van der Waals surface area contributed by atoms with Crippen LogP contribution in [0.15, 0.2) is 29.8 Å². The fourth-order valence-electron chi connectivity index (χ4n) is 4.64. The van der Waals surface area contributed by atoms with Gasteiger partial charge in [-0.1, -0.05) is 24.3 Å². The molecule has 2 aliphatic heterocycles. The zero-order valence-corrected chi connectivity index (χ0v) is 14.1. The maximum absolute atomic E-state index is 12.9. The molecule has 4 heteroatoms. The highest BCUT2D eigenvalue weighted by atomic mass is 16.1. The van der Waals surface area contributed by atoms with E-state index in [1.807, 2.05) is 6.92 Å². The monoisotopic (exact) mass is 319 g/mol. The summed E-state index contributed by atoms with van der Waals surface area (Å²) in [6.45, 7) is 5.03. The number of fused-ring (bicyclic) bond motifs is 3. The van der Waals surface area contributed by atoms with E-state index < -0.39 is 0 Å². The molecule has 3 heterocycles. The molecular weight excluding hydrogens is 298 g/mol. The molecule has 1 aromatic heterocycles. The Morgan fingerprint density at radius 3 is 2.54 bits per heavy atom. The van der Waals surface area contributed by atoms with Crippen LogP contribution in [-0.4, -0.2) is 20.9 Å². The Morgan fingerprint density at radius 1 is 1.12 bits per heavy atom. The largest absolute Gasteiger partial charge is 0.375 e. The Balaban J connectivity index is 1.60.